The van der Waals surface area contributed by atoms with E-state index in [0.717, 1.165) is 24.1 Å². The van der Waals surface area contributed by atoms with Crippen LogP contribution in [-0.4, -0.2) is 35.9 Å². The number of hydrogen-bond donors (Lipinski definition) is 0. The molecular formula is C17H14ClFN2O5. The zero-order chi connectivity index (χ0) is 19.4. The SMILES string of the molecule is COC(=O)c1cc(C(=O)N(C)Cc2c(F)cccc2Cl)cc([N+](=O)[O-])c1. The number of ether oxygens (including phenoxy) is 1. The number of amides is 1. The molecule has 2 rings (SSSR count). The molecular weight excluding hydrogens is 367 g/mol. The van der Waals surface area contributed by atoms with Crippen LogP contribution in [0.1, 0.15) is 26.3 Å². The topological polar surface area (TPSA) is 89.8 Å². The number of benzene rings is 2. The molecule has 0 saturated heterocycles. The van der Waals surface area contributed by atoms with E-state index in [1.54, 1.807) is 0 Å². The zero-order valence-corrected chi connectivity index (χ0v) is 14.6. The monoisotopic (exact) mass is 380 g/mol. The van der Waals surface area contributed by atoms with Gasteiger partial charge in [0, 0.05) is 41.9 Å². The van der Waals surface area contributed by atoms with Gasteiger partial charge >= 0.3 is 5.97 Å². The van der Waals surface area contributed by atoms with Gasteiger partial charge in [0.2, 0.25) is 0 Å². The van der Waals surface area contributed by atoms with Crippen LogP contribution in [-0.2, 0) is 11.3 Å². The van der Waals surface area contributed by atoms with Crippen molar-refractivity contribution < 1.29 is 23.6 Å². The second kappa shape index (κ2) is 7.92. The van der Waals surface area contributed by atoms with Gasteiger partial charge in [-0.05, 0) is 18.2 Å². The summed E-state index contributed by atoms with van der Waals surface area (Å²) in [7, 11) is 2.51. The molecule has 0 aliphatic heterocycles. The molecule has 2 aromatic rings. The predicted molar refractivity (Wildman–Crippen MR) is 91.6 cm³/mol. The smallest absolute Gasteiger partial charge is 0.338 e. The minimum absolute atomic E-state index is 0.102. The Labute approximate surface area is 153 Å². The quantitative estimate of drug-likeness (QED) is 0.450. The molecule has 2 aromatic carbocycles. The van der Waals surface area contributed by atoms with Gasteiger partial charge in [-0.3, -0.25) is 14.9 Å². The van der Waals surface area contributed by atoms with Crippen molar-refractivity contribution in [2.75, 3.05) is 14.2 Å². The normalized spacial score (nSPS) is 10.3. The third kappa shape index (κ3) is 4.15. The lowest BCUT2D eigenvalue weighted by molar-refractivity contribution is -0.384. The molecule has 0 aliphatic rings. The van der Waals surface area contributed by atoms with Crippen molar-refractivity contribution >= 4 is 29.2 Å². The Kier molecular flexibility index (Phi) is 5.89. The first-order valence-electron chi connectivity index (χ1n) is 7.30. The van der Waals surface area contributed by atoms with Gasteiger partial charge in [0.05, 0.1) is 17.6 Å². The van der Waals surface area contributed by atoms with E-state index in [1.165, 1.54) is 31.3 Å². The molecule has 0 atom stereocenters. The fraction of sp³-hybridized carbons (Fsp3) is 0.176. The van der Waals surface area contributed by atoms with Crippen LogP contribution >= 0.6 is 11.6 Å². The van der Waals surface area contributed by atoms with E-state index in [-0.39, 0.29) is 28.3 Å². The van der Waals surface area contributed by atoms with Crippen LogP contribution < -0.4 is 0 Å². The molecule has 0 fully saturated rings. The first-order chi connectivity index (χ1) is 12.2. The Balaban J connectivity index is 2.37. The van der Waals surface area contributed by atoms with E-state index >= 15 is 0 Å². The molecule has 0 aromatic heterocycles. The molecule has 9 heteroatoms. The lowest BCUT2D eigenvalue weighted by atomic mass is 10.1. The molecule has 0 bridgehead atoms. The maximum absolute atomic E-state index is 13.9. The number of nitrogens with zero attached hydrogens (tertiary/aromatic N) is 2. The minimum Gasteiger partial charge on any atom is -0.465 e. The van der Waals surface area contributed by atoms with Gasteiger partial charge in [-0.1, -0.05) is 17.7 Å². The largest absolute Gasteiger partial charge is 0.465 e. The van der Waals surface area contributed by atoms with Crippen LogP contribution in [0.15, 0.2) is 36.4 Å². The van der Waals surface area contributed by atoms with Gasteiger partial charge < -0.3 is 9.64 Å². The van der Waals surface area contributed by atoms with Crippen LogP contribution in [0, 0.1) is 15.9 Å². The average molecular weight is 381 g/mol. The van der Waals surface area contributed by atoms with Crippen LogP contribution in [0.4, 0.5) is 10.1 Å². The van der Waals surface area contributed by atoms with Crippen LogP contribution in [0.2, 0.25) is 5.02 Å². The third-order valence-electron chi connectivity index (χ3n) is 3.60. The van der Waals surface area contributed by atoms with Crippen LogP contribution in [0.3, 0.4) is 0 Å². The second-order valence-corrected chi connectivity index (χ2v) is 5.79. The van der Waals surface area contributed by atoms with Gasteiger partial charge in [0.15, 0.2) is 0 Å². The molecule has 26 heavy (non-hydrogen) atoms. The number of carbonyl (C=O) groups excluding carboxylic acids is 2. The van der Waals surface area contributed by atoms with Gasteiger partial charge in [0.25, 0.3) is 11.6 Å². The number of nitro groups is 1. The van der Waals surface area contributed by atoms with Gasteiger partial charge in [0.1, 0.15) is 5.82 Å². The summed E-state index contributed by atoms with van der Waals surface area (Å²) in [6.45, 7) is -0.152. The summed E-state index contributed by atoms with van der Waals surface area (Å²) in [6.07, 6.45) is 0. The molecule has 0 radical (unpaired) electrons. The Morgan fingerprint density at radius 3 is 2.50 bits per heavy atom. The Morgan fingerprint density at radius 1 is 1.27 bits per heavy atom. The molecule has 0 saturated carbocycles. The van der Waals surface area contributed by atoms with Crippen LogP contribution in [0.25, 0.3) is 0 Å². The molecule has 136 valence electrons. The number of methoxy groups -OCH3 is 1. The highest BCUT2D eigenvalue weighted by Gasteiger charge is 2.21. The van der Waals surface area contributed by atoms with E-state index in [2.05, 4.69) is 4.74 Å². The summed E-state index contributed by atoms with van der Waals surface area (Å²) < 4.78 is 18.4. The Hall–Kier alpha value is -3.00. The molecule has 0 heterocycles. The lowest BCUT2D eigenvalue weighted by Crippen LogP contribution is -2.27. The molecule has 1 amide bonds. The van der Waals surface area contributed by atoms with Crippen molar-refractivity contribution in [2.24, 2.45) is 0 Å². The molecule has 0 N–H and O–H groups in total. The first-order valence-corrected chi connectivity index (χ1v) is 7.68. The molecule has 0 unspecified atom stereocenters. The summed E-state index contributed by atoms with van der Waals surface area (Å²) in [5.74, 6) is -2.04. The lowest BCUT2D eigenvalue weighted by Gasteiger charge is -2.18. The summed E-state index contributed by atoms with van der Waals surface area (Å²) in [4.78, 5) is 35.7. The summed E-state index contributed by atoms with van der Waals surface area (Å²) in [5, 5.41) is 11.2. The van der Waals surface area contributed by atoms with Crippen molar-refractivity contribution in [1.82, 2.24) is 4.90 Å². The fourth-order valence-corrected chi connectivity index (χ4v) is 2.51. The van der Waals surface area contributed by atoms with Crippen molar-refractivity contribution in [3.8, 4) is 0 Å². The fourth-order valence-electron chi connectivity index (χ4n) is 2.29. The van der Waals surface area contributed by atoms with Gasteiger partial charge in [-0.2, -0.15) is 0 Å². The number of carbonyl (C=O) groups is 2. The second-order valence-electron chi connectivity index (χ2n) is 5.38. The van der Waals surface area contributed by atoms with E-state index in [4.69, 9.17) is 11.6 Å². The van der Waals surface area contributed by atoms with E-state index < -0.39 is 28.3 Å². The molecule has 0 spiro atoms. The molecule has 7 nitrogen and oxygen atoms in total. The van der Waals surface area contributed by atoms with E-state index in [9.17, 15) is 24.1 Å². The van der Waals surface area contributed by atoms with E-state index in [0.29, 0.717) is 0 Å². The van der Waals surface area contributed by atoms with Crippen molar-refractivity contribution in [3.05, 3.63) is 74.0 Å². The third-order valence-corrected chi connectivity index (χ3v) is 3.95. The van der Waals surface area contributed by atoms with Gasteiger partial charge in [-0.15, -0.1) is 0 Å². The molecule has 0 aliphatic carbocycles. The Bertz CT molecular complexity index is 867. The number of nitro benzene ring substituents is 1. The van der Waals surface area contributed by atoms with Gasteiger partial charge in [-0.25, -0.2) is 9.18 Å². The number of rotatable bonds is 5. The first kappa shape index (κ1) is 19.3. The number of esters is 1. The summed E-state index contributed by atoms with van der Waals surface area (Å²) in [6, 6.07) is 7.36. The Morgan fingerprint density at radius 2 is 1.92 bits per heavy atom. The highest BCUT2D eigenvalue weighted by molar-refractivity contribution is 6.31. The number of halogens is 2. The average Bonchev–Trinajstić information content (AvgIpc) is 2.62. The maximum Gasteiger partial charge on any atom is 0.338 e. The summed E-state index contributed by atoms with van der Waals surface area (Å²) in [5.41, 5.74) is -0.561. The minimum atomic E-state index is -0.817. The highest BCUT2D eigenvalue weighted by atomic mass is 35.5. The predicted octanol–water partition coefficient (Wildman–Crippen LogP) is 3.45. The number of hydrogen-bond acceptors (Lipinski definition) is 5. The van der Waals surface area contributed by atoms with E-state index in [1.807, 2.05) is 0 Å². The maximum atomic E-state index is 13.9. The summed E-state index contributed by atoms with van der Waals surface area (Å²) >= 11 is 5.95. The standard InChI is InChI=1S/C17H14ClFN2O5/c1-20(9-13-14(18)4-3-5-15(13)19)16(22)10-6-11(17(23)26-2)8-12(7-10)21(24)25/h3-8H,9H2,1-2H3. The van der Waals surface area contributed by atoms with Crippen molar-refractivity contribution in [2.45, 2.75) is 6.54 Å². The van der Waals surface area contributed by atoms with Crippen molar-refractivity contribution in [3.63, 3.8) is 0 Å². The highest BCUT2D eigenvalue weighted by Crippen LogP contribution is 2.23. The van der Waals surface area contributed by atoms with Crippen LogP contribution in [0.5, 0.6) is 0 Å². The zero-order valence-electron chi connectivity index (χ0n) is 13.9. The van der Waals surface area contributed by atoms with Crippen molar-refractivity contribution in [1.29, 1.82) is 0 Å². The number of non-ortho nitro benzene ring substituents is 1.